The minimum Gasteiger partial charge on any atom is -0.497 e. The van der Waals surface area contributed by atoms with Crippen LogP contribution in [0, 0.1) is 0 Å². The second kappa shape index (κ2) is 8.89. The number of piperidine rings is 1. The zero-order valence-corrected chi connectivity index (χ0v) is 18.5. The molecule has 2 aromatic carbocycles. The highest BCUT2D eigenvalue weighted by molar-refractivity contribution is 7.89. The van der Waals surface area contributed by atoms with Crippen LogP contribution in [0.1, 0.15) is 12.8 Å². The molecule has 10 heteroatoms. The van der Waals surface area contributed by atoms with E-state index in [9.17, 15) is 18.0 Å². The molecule has 0 unspecified atom stereocenters. The van der Waals surface area contributed by atoms with E-state index < -0.39 is 27.6 Å². The van der Waals surface area contributed by atoms with E-state index in [-0.39, 0.29) is 31.1 Å². The van der Waals surface area contributed by atoms with Crippen LogP contribution in [0.2, 0.25) is 0 Å². The van der Waals surface area contributed by atoms with Crippen molar-refractivity contribution >= 4 is 27.5 Å². The monoisotopic (exact) mass is 459 g/mol. The third-order valence-corrected chi connectivity index (χ3v) is 7.79. The van der Waals surface area contributed by atoms with Crippen molar-refractivity contribution in [3.63, 3.8) is 0 Å². The minimum atomic E-state index is -3.73. The number of sulfonamides is 1. The van der Waals surface area contributed by atoms with E-state index in [2.05, 4.69) is 5.32 Å². The Morgan fingerprint density at radius 3 is 2.28 bits per heavy atom. The molecule has 2 aromatic rings. The fraction of sp³-hybridized carbons (Fsp3) is 0.364. The molecule has 0 atom stereocenters. The second-order valence-electron chi connectivity index (χ2n) is 7.66. The maximum absolute atomic E-state index is 13.2. The van der Waals surface area contributed by atoms with Crippen molar-refractivity contribution in [2.75, 3.05) is 38.7 Å². The van der Waals surface area contributed by atoms with E-state index >= 15 is 0 Å². The van der Waals surface area contributed by atoms with Crippen LogP contribution in [0.3, 0.4) is 0 Å². The third kappa shape index (κ3) is 4.21. The summed E-state index contributed by atoms with van der Waals surface area (Å²) in [5.41, 5.74) is -0.519. The Bertz CT molecular complexity index is 1080. The van der Waals surface area contributed by atoms with E-state index in [1.54, 1.807) is 61.7 Å². The number of methoxy groups -OCH3 is 1. The number of likely N-dealkylation sites (tertiary alicyclic amines) is 1. The van der Waals surface area contributed by atoms with E-state index in [4.69, 9.17) is 9.47 Å². The van der Waals surface area contributed by atoms with Crippen molar-refractivity contribution in [2.24, 2.45) is 0 Å². The molecule has 2 aliphatic rings. The Morgan fingerprint density at radius 2 is 1.66 bits per heavy atom. The van der Waals surface area contributed by atoms with Crippen LogP contribution in [0.15, 0.2) is 59.5 Å². The largest absolute Gasteiger partial charge is 0.497 e. The van der Waals surface area contributed by atoms with Gasteiger partial charge in [-0.3, -0.25) is 9.59 Å². The molecule has 2 aliphatic heterocycles. The lowest BCUT2D eigenvalue weighted by Crippen LogP contribution is -2.56. The first-order chi connectivity index (χ1) is 15.4. The van der Waals surface area contributed by atoms with Crippen molar-refractivity contribution < 1.29 is 27.5 Å². The van der Waals surface area contributed by atoms with Crippen LogP contribution in [0.5, 0.6) is 5.75 Å². The van der Waals surface area contributed by atoms with E-state index in [1.165, 1.54) is 9.21 Å². The Kier molecular flexibility index (Phi) is 6.18. The lowest BCUT2D eigenvalue weighted by molar-refractivity contribution is -0.148. The van der Waals surface area contributed by atoms with Crippen LogP contribution < -0.4 is 10.1 Å². The number of ether oxygens (including phenoxy) is 2. The van der Waals surface area contributed by atoms with Crippen molar-refractivity contribution in [1.82, 2.24) is 9.21 Å². The molecule has 1 spiro atoms. The van der Waals surface area contributed by atoms with Crippen molar-refractivity contribution in [3.8, 4) is 5.75 Å². The predicted molar refractivity (Wildman–Crippen MR) is 116 cm³/mol. The van der Waals surface area contributed by atoms with Gasteiger partial charge < -0.3 is 19.7 Å². The maximum Gasteiger partial charge on any atom is 0.313 e. The number of amides is 2. The summed E-state index contributed by atoms with van der Waals surface area (Å²) in [5, 5.41) is 2.58. The molecular formula is C22H25N3O6S. The summed E-state index contributed by atoms with van der Waals surface area (Å²) < 4.78 is 38.7. The summed E-state index contributed by atoms with van der Waals surface area (Å²) in [6.07, 6.45) is 0.585. The zero-order valence-electron chi connectivity index (χ0n) is 17.7. The second-order valence-corrected chi connectivity index (χ2v) is 9.52. The molecule has 2 fully saturated rings. The van der Waals surface area contributed by atoms with Crippen LogP contribution >= 0.6 is 0 Å². The number of nitrogens with one attached hydrogen (secondary N) is 1. The standard InChI is InChI=1S/C22H25N3O6S/c1-30-18-9-7-17(8-10-18)23-20(26)21(27)24-13-11-22(12-14-24)25(15-16-31-22)32(28,29)19-5-3-2-4-6-19/h2-10H,11-16H2,1H3,(H,23,26). The van der Waals surface area contributed by atoms with Crippen LogP contribution in [0.25, 0.3) is 0 Å². The molecule has 2 amide bonds. The van der Waals surface area contributed by atoms with Crippen molar-refractivity contribution in [3.05, 3.63) is 54.6 Å². The molecule has 9 nitrogen and oxygen atoms in total. The van der Waals surface area contributed by atoms with Gasteiger partial charge in [0.2, 0.25) is 10.0 Å². The molecule has 2 heterocycles. The Balaban J connectivity index is 1.41. The van der Waals surface area contributed by atoms with Crippen LogP contribution in [0.4, 0.5) is 5.69 Å². The van der Waals surface area contributed by atoms with Crippen molar-refractivity contribution in [1.29, 1.82) is 0 Å². The van der Waals surface area contributed by atoms with Gasteiger partial charge in [0, 0.05) is 38.2 Å². The SMILES string of the molecule is COc1ccc(NC(=O)C(=O)N2CCC3(CC2)OCCN3S(=O)(=O)c2ccccc2)cc1. The number of anilines is 1. The summed E-state index contributed by atoms with van der Waals surface area (Å²) in [4.78, 5) is 26.7. The molecule has 0 aliphatic carbocycles. The van der Waals surface area contributed by atoms with Crippen molar-refractivity contribution in [2.45, 2.75) is 23.5 Å². The van der Waals surface area contributed by atoms with Gasteiger partial charge in [-0.1, -0.05) is 18.2 Å². The first kappa shape index (κ1) is 22.3. The van der Waals surface area contributed by atoms with Gasteiger partial charge >= 0.3 is 11.8 Å². The highest BCUT2D eigenvalue weighted by Gasteiger charge is 2.51. The fourth-order valence-electron chi connectivity index (χ4n) is 4.11. The smallest absolute Gasteiger partial charge is 0.313 e. The number of rotatable bonds is 4. The number of hydrogen-bond donors (Lipinski definition) is 1. The summed E-state index contributed by atoms with van der Waals surface area (Å²) in [7, 11) is -2.19. The molecule has 0 saturated carbocycles. The number of hydrogen-bond acceptors (Lipinski definition) is 6. The maximum atomic E-state index is 13.2. The summed E-state index contributed by atoms with van der Waals surface area (Å²) in [6, 6.07) is 14.9. The lowest BCUT2D eigenvalue weighted by atomic mass is 10.0. The summed E-state index contributed by atoms with van der Waals surface area (Å²) in [6.45, 7) is 0.979. The van der Waals surface area contributed by atoms with Gasteiger partial charge in [-0.25, -0.2) is 8.42 Å². The van der Waals surface area contributed by atoms with Crippen LogP contribution in [-0.2, 0) is 24.3 Å². The molecule has 32 heavy (non-hydrogen) atoms. The molecule has 1 N–H and O–H groups in total. The Morgan fingerprint density at radius 1 is 1.00 bits per heavy atom. The molecular weight excluding hydrogens is 434 g/mol. The molecule has 0 radical (unpaired) electrons. The molecule has 170 valence electrons. The number of carbonyl (C=O) groups excluding carboxylic acids is 2. The fourth-order valence-corrected chi connectivity index (χ4v) is 5.85. The summed E-state index contributed by atoms with van der Waals surface area (Å²) >= 11 is 0. The highest BCUT2D eigenvalue weighted by Crippen LogP contribution is 2.38. The average molecular weight is 460 g/mol. The highest BCUT2D eigenvalue weighted by atomic mass is 32.2. The first-order valence-corrected chi connectivity index (χ1v) is 11.8. The van der Waals surface area contributed by atoms with E-state index in [1.807, 2.05) is 0 Å². The lowest BCUT2D eigenvalue weighted by Gasteiger charge is -2.42. The van der Waals surface area contributed by atoms with Gasteiger partial charge in [-0.05, 0) is 36.4 Å². The van der Waals surface area contributed by atoms with E-state index in [0.717, 1.165) is 0 Å². The third-order valence-electron chi connectivity index (χ3n) is 5.82. The van der Waals surface area contributed by atoms with Gasteiger partial charge in [-0.15, -0.1) is 0 Å². The minimum absolute atomic E-state index is 0.210. The Hall–Kier alpha value is -2.95. The predicted octanol–water partition coefficient (Wildman–Crippen LogP) is 1.67. The normalized spacial score (nSPS) is 18.5. The zero-order chi connectivity index (χ0) is 22.8. The quantitative estimate of drug-likeness (QED) is 0.698. The molecule has 2 saturated heterocycles. The first-order valence-electron chi connectivity index (χ1n) is 10.3. The number of nitrogens with zero attached hydrogens (tertiary/aromatic N) is 2. The van der Waals surface area contributed by atoms with Gasteiger partial charge in [0.1, 0.15) is 11.5 Å². The van der Waals surface area contributed by atoms with Crippen LogP contribution in [-0.4, -0.2) is 68.5 Å². The number of carbonyl (C=O) groups is 2. The van der Waals surface area contributed by atoms with Gasteiger partial charge in [0.15, 0.2) is 0 Å². The van der Waals surface area contributed by atoms with E-state index in [0.29, 0.717) is 24.3 Å². The number of benzene rings is 2. The summed E-state index contributed by atoms with van der Waals surface area (Å²) in [5.74, 6) is -0.763. The average Bonchev–Trinajstić information content (AvgIpc) is 3.24. The van der Waals surface area contributed by atoms with Gasteiger partial charge in [0.25, 0.3) is 0 Å². The topological polar surface area (TPSA) is 105 Å². The molecule has 0 aromatic heterocycles. The van der Waals surface area contributed by atoms with Gasteiger partial charge in [-0.2, -0.15) is 4.31 Å². The molecule has 0 bridgehead atoms. The van der Waals surface area contributed by atoms with Gasteiger partial charge in [0.05, 0.1) is 18.6 Å². The molecule has 4 rings (SSSR count). The Labute approximate surface area is 187 Å².